The molecule has 0 atom stereocenters. The second kappa shape index (κ2) is 7.53. The monoisotopic (exact) mass is 460 g/mol. The van der Waals surface area contributed by atoms with Gasteiger partial charge in [0.05, 0.1) is 0 Å². The number of carbonyl (C=O) groups is 1. The van der Waals surface area contributed by atoms with Crippen LogP contribution in [0, 0.1) is 0 Å². The highest BCUT2D eigenvalue weighted by molar-refractivity contribution is 9.10. The van der Waals surface area contributed by atoms with Crippen LogP contribution >= 0.6 is 15.9 Å². The lowest BCUT2D eigenvalue weighted by molar-refractivity contribution is 0.102. The molecule has 0 aliphatic heterocycles. The average Bonchev–Trinajstić information content (AvgIpc) is 3.44. The molecule has 0 aliphatic rings. The maximum atomic E-state index is 12.8. The number of nitrogens with zero attached hydrogens (tertiary/aromatic N) is 5. The van der Waals surface area contributed by atoms with Gasteiger partial charge in [-0.15, -0.1) is 10.2 Å². The third-order valence-electron chi connectivity index (χ3n) is 4.40. The molecule has 0 fully saturated rings. The van der Waals surface area contributed by atoms with Crippen LogP contribution in [0.3, 0.4) is 0 Å². The largest absolute Gasteiger partial charge is 0.436 e. The maximum Gasteiger partial charge on any atom is 0.275 e. The van der Waals surface area contributed by atoms with E-state index in [1.54, 1.807) is 34.9 Å². The van der Waals surface area contributed by atoms with E-state index >= 15 is 0 Å². The van der Waals surface area contributed by atoms with Crippen molar-refractivity contribution in [2.24, 2.45) is 0 Å². The summed E-state index contributed by atoms with van der Waals surface area (Å²) in [7, 11) is 0. The van der Waals surface area contributed by atoms with E-state index in [2.05, 4.69) is 41.4 Å². The third kappa shape index (κ3) is 3.46. The van der Waals surface area contributed by atoms with Crippen LogP contribution in [0.5, 0.6) is 0 Å². The van der Waals surface area contributed by atoms with Gasteiger partial charge >= 0.3 is 0 Å². The van der Waals surface area contributed by atoms with Crippen LogP contribution in [-0.4, -0.2) is 30.6 Å². The highest BCUT2D eigenvalue weighted by atomic mass is 79.9. The number of nitrogens with one attached hydrogen (secondary N) is 1. The zero-order valence-electron chi connectivity index (χ0n) is 15.4. The minimum Gasteiger partial charge on any atom is -0.436 e. The summed E-state index contributed by atoms with van der Waals surface area (Å²) in [6.45, 7) is 0. The smallest absolute Gasteiger partial charge is 0.275 e. The van der Waals surface area contributed by atoms with E-state index in [1.807, 2.05) is 30.3 Å². The Morgan fingerprint density at radius 3 is 2.57 bits per heavy atom. The van der Waals surface area contributed by atoms with Crippen molar-refractivity contribution < 1.29 is 9.21 Å². The minimum atomic E-state index is -0.358. The van der Waals surface area contributed by atoms with E-state index in [9.17, 15) is 4.79 Å². The van der Waals surface area contributed by atoms with Crippen molar-refractivity contribution in [2.75, 3.05) is 5.32 Å². The van der Waals surface area contributed by atoms with E-state index in [0.717, 1.165) is 5.56 Å². The Kier molecular flexibility index (Phi) is 4.56. The zero-order chi connectivity index (χ0) is 20.5. The van der Waals surface area contributed by atoms with Gasteiger partial charge in [-0.2, -0.15) is 0 Å². The van der Waals surface area contributed by atoms with Crippen molar-refractivity contribution in [2.45, 2.75) is 0 Å². The number of fused-ring (bicyclic) bond motifs is 1. The van der Waals surface area contributed by atoms with Crippen LogP contribution in [0.25, 0.3) is 28.4 Å². The molecule has 0 unspecified atom stereocenters. The van der Waals surface area contributed by atoms with Crippen LogP contribution in [0.1, 0.15) is 10.5 Å². The highest BCUT2D eigenvalue weighted by Gasteiger charge is 2.15. The number of benzene rings is 2. The number of carbonyl (C=O) groups excluding carboxylic acids is 1. The molecule has 8 nitrogen and oxygen atoms in total. The molecule has 2 aromatic carbocycles. The summed E-state index contributed by atoms with van der Waals surface area (Å²) in [6, 6.07) is 18.5. The van der Waals surface area contributed by atoms with Gasteiger partial charge in [-0.05, 0) is 58.4 Å². The molecule has 30 heavy (non-hydrogen) atoms. The van der Waals surface area contributed by atoms with Crippen LogP contribution in [0.15, 0.2) is 82.2 Å². The molecule has 0 radical (unpaired) electrons. The number of rotatable bonds is 4. The average molecular weight is 461 g/mol. The lowest BCUT2D eigenvalue weighted by atomic mass is 10.2. The summed E-state index contributed by atoms with van der Waals surface area (Å²) >= 11 is 3.39. The predicted octanol–water partition coefficient (Wildman–Crippen LogP) is 4.49. The van der Waals surface area contributed by atoms with E-state index in [1.165, 1.54) is 12.7 Å². The summed E-state index contributed by atoms with van der Waals surface area (Å²) in [5, 5.41) is 10.4. The number of hydrogen-bond donors (Lipinski definition) is 1. The summed E-state index contributed by atoms with van der Waals surface area (Å²) < 4.78 is 8.01. The fourth-order valence-corrected chi connectivity index (χ4v) is 3.35. The molecular formula is C21H13BrN6O2. The number of anilines is 1. The van der Waals surface area contributed by atoms with Crippen LogP contribution in [-0.2, 0) is 0 Å². The second-order valence-corrected chi connectivity index (χ2v) is 7.25. The first-order chi connectivity index (χ1) is 14.7. The Balaban J connectivity index is 1.43. The predicted molar refractivity (Wildman–Crippen MR) is 114 cm³/mol. The van der Waals surface area contributed by atoms with Gasteiger partial charge in [-0.1, -0.05) is 18.2 Å². The molecule has 9 heteroatoms. The normalized spacial score (nSPS) is 11.0. The molecule has 0 spiro atoms. The van der Waals surface area contributed by atoms with E-state index < -0.39 is 0 Å². The van der Waals surface area contributed by atoms with E-state index in [4.69, 9.17) is 4.42 Å². The Labute approximate surface area is 178 Å². The van der Waals surface area contributed by atoms with Gasteiger partial charge in [0, 0.05) is 15.7 Å². The maximum absolute atomic E-state index is 12.8. The quantitative estimate of drug-likeness (QED) is 0.424. The standard InChI is InChI=1S/C21H13BrN6O2/c22-15-7-9-18(28-11-23-24-12-28)27-19(15)20(29)25-14-6-8-17-16(10-14)26-21(30-17)13-4-2-1-3-5-13/h1-12H,(H,25,29). The van der Waals surface area contributed by atoms with Crippen LogP contribution < -0.4 is 5.32 Å². The van der Waals surface area contributed by atoms with Crippen molar-refractivity contribution in [1.29, 1.82) is 0 Å². The summed E-state index contributed by atoms with van der Waals surface area (Å²) in [5.74, 6) is 0.705. The Morgan fingerprint density at radius 2 is 1.77 bits per heavy atom. The van der Waals surface area contributed by atoms with Crippen molar-refractivity contribution in [3.63, 3.8) is 0 Å². The van der Waals surface area contributed by atoms with E-state index in [0.29, 0.717) is 33.0 Å². The van der Waals surface area contributed by atoms with Gasteiger partial charge in [-0.3, -0.25) is 9.36 Å². The Bertz CT molecular complexity index is 1350. The lowest BCUT2D eigenvalue weighted by Crippen LogP contribution is -2.15. The number of aromatic nitrogens is 5. The van der Waals surface area contributed by atoms with Gasteiger partial charge in [0.15, 0.2) is 5.58 Å². The molecule has 5 aromatic rings. The van der Waals surface area contributed by atoms with Gasteiger partial charge in [-0.25, -0.2) is 9.97 Å². The van der Waals surface area contributed by atoms with Crippen molar-refractivity contribution in [1.82, 2.24) is 24.7 Å². The number of pyridine rings is 1. The first kappa shape index (κ1) is 18.2. The third-order valence-corrected chi connectivity index (χ3v) is 5.04. The van der Waals surface area contributed by atoms with Crippen LogP contribution in [0.4, 0.5) is 5.69 Å². The minimum absolute atomic E-state index is 0.242. The molecule has 0 saturated heterocycles. The molecule has 1 N–H and O–H groups in total. The molecule has 1 amide bonds. The fourth-order valence-electron chi connectivity index (χ4n) is 2.95. The number of halogens is 1. The van der Waals surface area contributed by atoms with Gasteiger partial charge in [0.1, 0.15) is 29.7 Å². The SMILES string of the molecule is O=C(Nc1ccc2oc(-c3ccccc3)nc2c1)c1nc(-n2cnnc2)ccc1Br. The highest BCUT2D eigenvalue weighted by Crippen LogP contribution is 2.26. The summed E-state index contributed by atoms with van der Waals surface area (Å²) in [6.07, 6.45) is 3.03. The molecule has 0 saturated carbocycles. The summed E-state index contributed by atoms with van der Waals surface area (Å²) in [4.78, 5) is 21.8. The number of oxazole rings is 1. The fraction of sp³-hybridized carbons (Fsp3) is 0. The van der Waals surface area contributed by atoms with Crippen LogP contribution in [0.2, 0.25) is 0 Å². The molecule has 146 valence electrons. The molecule has 3 aromatic heterocycles. The van der Waals surface area contributed by atoms with Crippen molar-refractivity contribution in [3.05, 3.63) is 83.5 Å². The second-order valence-electron chi connectivity index (χ2n) is 6.39. The summed E-state index contributed by atoms with van der Waals surface area (Å²) in [5.41, 5.74) is 3.01. The molecule has 3 heterocycles. The zero-order valence-corrected chi connectivity index (χ0v) is 16.9. The molecule has 0 aliphatic carbocycles. The lowest BCUT2D eigenvalue weighted by Gasteiger charge is -2.08. The molecule has 0 bridgehead atoms. The van der Waals surface area contributed by atoms with Crippen molar-refractivity contribution in [3.8, 4) is 17.3 Å². The van der Waals surface area contributed by atoms with Gasteiger partial charge < -0.3 is 9.73 Å². The number of hydrogen-bond acceptors (Lipinski definition) is 6. The molecule has 5 rings (SSSR count). The number of amides is 1. The van der Waals surface area contributed by atoms with Gasteiger partial charge in [0.2, 0.25) is 5.89 Å². The van der Waals surface area contributed by atoms with E-state index in [-0.39, 0.29) is 11.6 Å². The van der Waals surface area contributed by atoms with Crippen molar-refractivity contribution >= 4 is 38.6 Å². The first-order valence-electron chi connectivity index (χ1n) is 8.96. The van der Waals surface area contributed by atoms with Gasteiger partial charge in [0.25, 0.3) is 5.91 Å². The molecular weight excluding hydrogens is 448 g/mol. The Hall–Kier alpha value is -3.85. The first-order valence-corrected chi connectivity index (χ1v) is 9.75. The Morgan fingerprint density at radius 1 is 0.967 bits per heavy atom. The topological polar surface area (TPSA) is 98.7 Å².